The fourth-order valence-electron chi connectivity index (χ4n) is 5.73. The van der Waals surface area contributed by atoms with Crippen molar-refractivity contribution in [3.05, 3.63) is 54.6 Å². The third kappa shape index (κ3) is 9.67. The molecule has 0 saturated carbocycles. The van der Waals surface area contributed by atoms with Gasteiger partial charge in [-0.05, 0) is 97.5 Å². The van der Waals surface area contributed by atoms with Gasteiger partial charge in [0.05, 0.1) is 23.8 Å². The smallest absolute Gasteiger partial charge is 0.347 e. The van der Waals surface area contributed by atoms with Gasteiger partial charge in [-0.25, -0.2) is 9.78 Å². The third-order valence-corrected chi connectivity index (χ3v) is 9.11. The van der Waals surface area contributed by atoms with Crippen molar-refractivity contribution in [2.75, 3.05) is 6.61 Å². The number of rotatable bonds is 16. The van der Waals surface area contributed by atoms with E-state index >= 15 is 0 Å². The quantitative estimate of drug-likeness (QED) is 0.146. The van der Waals surface area contributed by atoms with E-state index in [1.54, 1.807) is 6.20 Å². The predicted molar refractivity (Wildman–Crippen MR) is 166 cm³/mol. The zero-order valence-corrected chi connectivity index (χ0v) is 27.3. The van der Waals surface area contributed by atoms with Gasteiger partial charge in [0.15, 0.2) is 0 Å². The Morgan fingerprint density at radius 3 is 2.16 bits per heavy atom. The lowest BCUT2D eigenvalue weighted by Crippen LogP contribution is -2.37. The number of esters is 3. The number of hydrogen-bond acceptors (Lipinski definition) is 7. The molecule has 238 valence electrons. The lowest BCUT2D eigenvalue weighted by atomic mass is 9.74. The molecule has 0 N–H and O–H groups in total. The lowest BCUT2D eigenvalue weighted by Gasteiger charge is -2.34. The van der Waals surface area contributed by atoms with E-state index in [0.29, 0.717) is 32.1 Å². The van der Waals surface area contributed by atoms with Gasteiger partial charge < -0.3 is 18.8 Å². The SMILES string of the molecule is CCC(CCC(C)(CCC(CCC(C)(CC)C(=O)OC1CCOC1=O)c1ccccc1)C(=O)OC(C)(C)C)n1ccnc1. The molecule has 0 aliphatic carbocycles. The van der Waals surface area contributed by atoms with E-state index in [4.69, 9.17) is 14.2 Å². The van der Waals surface area contributed by atoms with Crippen LogP contribution in [0.5, 0.6) is 0 Å². The van der Waals surface area contributed by atoms with Gasteiger partial charge in [-0.2, -0.15) is 0 Å². The van der Waals surface area contributed by atoms with Crippen molar-refractivity contribution >= 4 is 17.9 Å². The Hall–Kier alpha value is -3.16. The Labute approximate surface area is 257 Å². The maximum Gasteiger partial charge on any atom is 0.347 e. The Bertz CT molecular complexity index is 1170. The molecule has 1 aliphatic heterocycles. The summed E-state index contributed by atoms with van der Waals surface area (Å²) in [6.45, 7) is 14.1. The summed E-state index contributed by atoms with van der Waals surface area (Å²) in [6.07, 6.45) is 11.0. The Morgan fingerprint density at radius 1 is 0.977 bits per heavy atom. The second-order valence-corrected chi connectivity index (χ2v) is 13.6. The highest BCUT2D eigenvalue weighted by Crippen LogP contribution is 2.41. The number of carbonyl (C=O) groups excluding carboxylic acids is 3. The van der Waals surface area contributed by atoms with Crippen LogP contribution in [0.2, 0.25) is 0 Å². The molecule has 8 heteroatoms. The van der Waals surface area contributed by atoms with Crippen LogP contribution in [0, 0.1) is 10.8 Å². The van der Waals surface area contributed by atoms with E-state index in [-0.39, 0.29) is 30.5 Å². The molecule has 0 amide bonds. The average Bonchev–Trinajstić information content (AvgIpc) is 3.65. The van der Waals surface area contributed by atoms with Crippen LogP contribution in [-0.4, -0.2) is 45.8 Å². The molecule has 1 aromatic heterocycles. The van der Waals surface area contributed by atoms with Gasteiger partial charge in [0.25, 0.3) is 0 Å². The number of ether oxygens (including phenoxy) is 3. The summed E-state index contributed by atoms with van der Waals surface area (Å²) < 4.78 is 18.7. The third-order valence-electron chi connectivity index (χ3n) is 9.11. The van der Waals surface area contributed by atoms with Gasteiger partial charge >= 0.3 is 17.9 Å². The molecule has 1 saturated heterocycles. The van der Waals surface area contributed by atoms with E-state index in [1.807, 2.05) is 72.3 Å². The van der Waals surface area contributed by atoms with E-state index in [1.165, 1.54) is 5.56 Å². The van der Waals surface area contributed by atoms with Crippen molar-refractivity contribution in [3.63, 3.8) is 0 Å². The maximum atomic E-state index is 13.7. The van der Waals surface area contributed by atoms with Crippen LogP contribution in [0.15, 0.2) is 49.1 Å². The van der Waals surface area contributed by atoms with E-state index in [0.717, 1.165) is 25.7 Å². The first-order valence-electron chi connectivity index (χ1n) is 15.9. The summed E-state index contributed by atoms with van der Waals surface area (Å²) >= 11 is 0. The average molecular weight is 597 g/mol. The number of benzene rings is 1. The molecule has 2 heterocycles. The molecule has 5 unspecified atom stereocenters. The van der Waals surface area contributed by atoms with Crippen LogP contribution >= 0.6 is 0 Å². The monoisotopic (exact) mass is 596 g/mol. The van der Waals surface area contributed by atoms with Crippen molar-refractivity contribution in [1.82, 2.24) is 9.55 Å². The summed E-state index contributed by atoms with van der Waals surface area (Å²) in [7, 11) is 0. The summed E-state index contributed by atoms with van der Waals surface area (Å²) in [4.78, 5) is 43.1. The Balaban J connectivity index is 1.78. The summed E-state index contributed by atoms with van der Waals surface area (Å²) in [5.74, 6) is -0.852. The molecule has 0 radical (unpaired) electrons. The molecule has 1 aliphatic rings. The first-order valence-corrected chi connectivity index (χ1v) is 15.9. The van der Waals surface area contributed by atoms with Gasteiger partial charge in [-0.3, -0.25) is 9.59 Å². The van der Waals surface area contributed by atoms with Crippen LogP contribution in [0.25, 0.3) is 0 Å². The van der Waals surface area contributed by atoms with Crippen molar-refractivity contribution in [1.29, 1.82) is 0 Å². The number of nitrogens with zero attached hydrogens (tertiary/aromatic N) is 2. The van der Waals surface area contributed by atoms with Crippen LogP contribution in [0.4, 0.5) is 0 Å². The normalized spacial score (nSPS) is 19.5. The molecule has 8 nitrogen and oxygen atoms in total. The van der Waals surface area contributed by atoms with Crippen molar-refractivity contribution in [2.45, 2.75) is 130 Å². The summed E-state index contributed by atoms with van der Waals surface area (Å²) in [5.41, 5.74) is -0.806. The Kier molecular flexibility index (Phi) is 12.0. The predicted octanol–water partition coefficient (Wildman–Crippen LogP) is 7.58. The summed E-state index contributed by atoms with van der Waals surface area (Å²) in [6, 6.07) is 10.6. The Morgan fingerprint density at radius 2 is 1.63 bits per heavy atom. The van der Waals surface area contributed by atoms with Gasteiger partial charge in [-0.1, -0.05) is 44.2 Å². The molecular weight excluding hydrogens is 544 g/mol. The minimum absolute atomic E-state index is 0.133. The van der Waals surface area contributed by atoms with Crippen LogP contribution in [-0.2, 0) is 28.6 Å². The molecular formula is C35H52N2O6. The van der Waals surface area contributed by atoms with Crippen molar-refractivity contribution in [2.24, 2.45) is 10.8 Å². The van der Waals surface area contributed by atoms with Gasteiger partial charge in [0.2, 0.25) is 6.10 Å². The van der Waals surface area contributed by atoms with Crippen molar-refractivity contribution < 1.29 is 28.6 Å². The zero-order valence-electron chi connectivity index (χ0n) is 27.3. The molecule has 43 heavy (non-hydrogen) atoms. The minimum Gasteiger partial charge on any atom is -0.463 e. The van der Waals surface area contributed by atoms with Crippen LogP contribution in [0.3, 0.4) is 0 Å². The molecule has 5 atom stereocenters. The number of cyclic esters (lactones) is 1. The minimum atomic E-state index is -0.813. The summed E-state index contributed by atoms with van der Waals surface area (Å²) in [5, 5.41) is 0. The van der Waals surface area contributed by atoms with Crippen LogP contribution < -0.4 is 0 Å². The second-order valence-electron chi connectivity index (χ2n) is 13.6. The van der Waals surface area contributed by atoms with Crippen molar-refractivity contribution in [3.8, 4) is 0 Å². The van der Waals surface area contributed by atoms with Crippen LogP contribution in [0.1, 0.15) is 124 Å². The first-order chi connectivity index (χ1) is 20.3. The number of carbonyl (C=O) groups is 3. The van der Waals surface area contributed by atoms with E-state index < -0.39 is 28.5 Å². The fourth-order valence-corrected chi connectivity index (χ4v) is 5.73. The molecule has 3 rings (SSSR count). The van der Waals surface area contributed by atoms with Gasteiger partial charge in [0.1, 0.15) is 5.60 Å². The van der Waals surface area contributed by atoms with Gasteiger partial charge in [0, 0.05) is 24.9 Å². The second kappa shape index (κ2) is 15.0. The molecule has 1 fully saturated rings. The highest BCUT2D eigenvalue weighted by atomic mass is 16.6. The molecule has 0 spiro atoms. The topological polar surface area (TPSA) is 96.7 Å². The zero-order chi connectivity index (χ0) is 31.7. The highest BCUT2D eigenvalue weighted by Gasteiger charge is 2.40. The molecule has 2 aromatic rings. The molecule has 1 aromatic carbocycles. The van der Waals surface area contributed by atoms with E-state index in [9.17, 15) is 14.4 Å². The first kappa shape index (κ1) is 34.3. The standard InChI is InChI=1S/C35H52N2O6/c1-8-28(37-23-22-36-25-37)17-21-35(7,32(40)43-33(3,4)5)20-16-27(26-13-11-10-12-14-26)15-19-34(6,9-2)31(39)42-29-18-24-41-30(29)38/h10-14,22-23,25,27-29H,8-9,15-21,24H2,1-7H3. The highest BCUT2D eigenvalue weighted by molar-refractivity contribution is 5.83. The maximum absolute atomic E-state index is 13.7. The lowest BCUT2D eigenvalue weighted by molar-refractivity contribution is -0.168. The number of aromatic nitrogens is 2. The fraction of sp³-hybridized carbons (Fsp3) is 0.657. The van der Waals surface area contributed by atoms with Gasteiger partial charge in [-0.15, -0.1) is 0 Å². The number of imidazole rings is 1. The van der Waals surface area contributed by atoms with E-state index in [2.05, 4.69) is 28.6 Å². The molecule has 0 bridgehead atoms. The largest absolute Gasteiger partial charge is 0.463 e. The number of hydrogen-bond donors (Lipinski definition) is 0.